The number of alkyl halides is 3. The van der Waals surface area contributed by atoms with Crippen molar-refractivity contribution in [1.29, 1.82) is 0 Å². The third kappa shape index (κ3) is 4.36. The van der Waals surface area contributed by atoms with E-state index in [0.717, 1.165) is 47.7 Å². The van der Waals surface area contributed by atoms with Crippen molar-refractivity contribution in [2.45, 2.75) is 76.8 Å². The monoisotopic (exact) mass is 451 g/mol. The van der Waals surface area contributed by atoms with Gasteiger partial charge in [-0.2, -0.15) is 18.3 Å². The summed E-state index contributed by atoms with van der Waals surface area (Å²) < 4.78 is 41.1. The lowest BCUT2D eigenvalue weighted by atomic mass is 9.77. The zero-order valence-corrected chi connectivity index (χ0v) is 19.0. The van der Waals surface area contributed by atoms with Crippen LogP contribution in [0.15, 0.2) is 6.07 Å². The summed E-state index contributed by atoms with van der Waals surface area (Å²) in [6, 6.07) is 1.95. The average Bonchev–Trinajstić information content (AvgIpc) is 3.10. The van der Waals surface area contributed by atoms with Crippen molar-refractivity contribution in [2.24, 2.45) is 11.7 Å². The minimum Gasteiger partial charge on any atom is -0.369 e. The second-order valence-electron chi connectivity index (χ2n) is 9.94. The highest BCUT2D eigenvalue weighted by atomic mass is 19.4. The van der Waals surface area contributed by atoms with Crippen molar-refractivity contribution in [3.63, 3.8) is 0 Å². The number of likely N-dealkylation sites (tertiary alicyclic amines) is 1. The lowest BCUT2D eigenvalue weighted by Gasteiger charge is -2.41. The Labute approximate surface area is 186 Å². The molecule has 1 saturated heterocycles. The Balaban J connectivity index is 1.67. The van der Waals surface area contributed by atoms with Gasteiger partial charge in [0, 0.05) is 29.6 Å². The van der Waals surface area contributed by atoms with E-state index >= 15 is 0 Å². The number of aryl methyl sites for hydroxylation is 1. The van der Waals surface area contributed by atoms with Crippen LogP contribution in [-0.4, -0.2) is 51.2 Å². The van der Waals surface area contributed by atoms with Gasteiger partial charge in [-0.25, -0.2) is 9.50 Å². The topological polar surface area (TPSA) is 76.5 Å². The van der Waals surface area contributed by atoms with Crippen molar-refractivity contribution < 1.29 is 18.0 Å². The quantitative estimate of drug-likeness (QED) is 0.762. The summed E-state index contributed by atoms with van der Waals surface area (Å²) in [5, 5.41) is 4.89. The van der Waals surface area contributed by atoms with Crippen molar-refractivity contribution in [1.82, 2.24) is 19.5 Å². The third-order valence-electron chi connectivity index (χ3n) is 7.44. The maximum Gasteiger partial charge on any atom is 0.391 e. The first-order valence-corrected chi connectivity index (χ1v) is 11.4. The van der Waals surface area contributed by atoms with E-state index < -0.39 is 12.1 Å². The average molecular weight is 452 g/mol. The first-order valence-electron chi connectivity index (χ1n) is 11.4. The lowest BCUT2D eigenvalue weighted by Crippen LogP contribution is -2.48. The number of hydrogen-bond donors (Lipinski definition) is 1. The van der Waals surface area contributed by atoms with Gasteiger partial charge in [-0.05, 0) is 64.5 Å². The first kappa shape index (κ1) is 23.0. The number of aromatic nitrogens is 3. The van der Waals surface area contributed by atoms with E-state index in [1.807, 2.05) is 24.4 Å². The molecule has 9 heteroatoms. The molecule has 4 rings (SSSR count). The predicted octanol–water partition coefficient (Wildman–Crippen LogP) is 4.02. The smallest absolute Gasteiger partial charge is 0.369 e. The van der Waals surface area contributed by atoms with E-state index in [4.69, 9.17) is 15.8 Å². The molecule has 2 aromatic heterocycles. The molecule has 1 aliphatic carbocycles. The van der Waals surface area contributed by atoms with Gasteiger partial charge in [0.15, 0.2) is 5.65 Å². The molecule has 0 spiro atoms. The number of fused-ring (bicyclic) bond motifs is 1. The van der Waals surface area contributed by atoms with Gasteiger partial charge in [-0.3, -0.25) is 9.69 Å². The van der Waals surface area contributed by atoms with E-state index in [-0.39, 0.29) is 36.6 Å². The van der Waals surface area contributed by atoms with E-state index in [0.29, 0.717) is 19.4 Å². The number of carbonyl (C=O) groups excluding carboxylic acids is 1. The minimum absolute atomic E-state index is 0.0225. The van der Waals surface area contributed by atoms with Crippen LogP contribution >= 0.6 is 0 Å². The van der Waals surface area contributed by atoms with E-state index in [9.17, 15) is 18.0 Å². The van der Waals surface area contributed by atoms with Crippen molar-refractivity contribution in [3.05, 3.63) is 28.7 Å². The molecule has 1 saturated carbocycles. The number of hydrogen-bond acceptors (Lipinski definition) is 4. The summed E-state index contributed by atoms with van der Waals surface area (Å²) in [6.45, 7) is 7.98. The van der Waals surface area contributed by atoms with Crippen LogP contribution in [0.4, 0.5) is 13.2 Å². The predicted molar refractivity (Wildman–Crippen MR) is 115 cm³/mol. The molecular weight excluding hydrogens is 419 g/mol. The molecule has 32 heavy (non-hydrogen) atoms. The number of rotatable bonds is 4. The Morgan fingerprint density at radius 3 is 2.56 bits per heavy atom. The summed E-state index contributed by atoms with van der Waals surface area (Å²) in [5.41, 5.74) is 9.84. The standard InChI is InChI=1S/C23H32F3N5O/c1-14-15(2)28-20-11-18(16-5-7-17(8-6-16)23(24,25)26)29-31(20)21(14)22(3)9-4-10-30(13-22)12-19(27)32/h11,16-17H,4-10,12-13H2,1-3H3,(H2,27,32)/t16-,17-,22-/m1/s1. The number of nitrogens with zero attached hydrogens (tertiary/aromatic N) is 4. The van der Waals surface area contributed by atoms with Crippen molar-refractivity contribution in [2.75, 3.05) is 19.6 Å². The van der Waals surface area contributed by atoms with Gasteiger partial charge in [0.25, 0.3) is 0 Å². The fraction of sp³-hybridized carbons (Fsp3) is 0.696. The summed E-state index contributed by atoms with van der Waals surface area (Å²) in [5.74, 6) is -1.52. The van der Waals surface area contributed by atoms with Crippen molar-refractivity contribution >= 4 is 11.6 Å². The molecule has 1 atom stereocenters. The number of carbonyl (C=O) groups is 1. The Hall–Kier alpha value is -2.16. The van der Waals surface area contributed by atoms with Crippen LogP contribution in [0.1, 0.15) is 74.0 Å². The highest BCUT2D eigenvalue weighted by Gasteiger charge is 2.42. The second-order valence-corrected chi connectivity index (χ2v) is 9.94. The Bertz CT molecular complexity index is 1010. The first-order chi connectivity index (χ1) is 15.0. The summed E-state index contributed by atoms with van der Waals surface area (Å²) >= 11 is 0. The van der Waals surface area contributed by atoms with Crippen LogP contribution in [0, 0.1) is 19.8 Å². The van der Waals surface area contributed by atoms with Crippen LogP contribution in [0.2, 0.25) is 0 Å². The van der Waals surface area contributed by atoms with Crippen LogP contribution in [0.3, 0.4) is 0 Å². The molecule has 0 bridgehead atoms. The molecule has 2 aromatic rings. The van der Waals surface area contributed by atoms with Crippen molar-refractivity contribution in [3.8, 4) is 0 Å². The van der Waals surface area contributed by atoms with Gasteiger partial charge in [0.1, 0.15) is 0 Å². The fourth-order valence-electron chi connectivity index (χ4n) is 5.74. The molecule has 3 heterocycles. The van der Waals surface area contributed by atoms with Crippen LogP contribution < -0.4 is 5.73 Å². The molecule has 1 aliphatic heterocycles. The second kappa shape index (κ2) is 8.32. The van der Waals surface area contributed by atoms with Gasteiger partial charge in [0.2, 0.25) is 5.91 Å². The number of piperidine rings is 1. The molecule has 2 N–H and O–H groups in total. The zero-order chi connectivity index (χ0) is 23.3. The molecule has 0 radical (unpaired) electrons. The normalized spacial score (nSPS) is 27.7. The molecule has 0 unspecified atom stereocenters. The SMILES string of the molecule is Cc1nc2cc([C@H]3CC[C@H](C(F)(F)F)CC3)nn2c([C@]2(C)CCCN(CC(N)=O)C2)c1C. The van der Waals surface area contributed by atoms with Crippen LogP contribution in [0.25, 0.3) is 5.65 Å². The van der Waals surface area contributed by atoms with Gasteiger partial charge in [-0.1, -0.05) is 6.92 Å². The minimum atomic E-state index is -4.11. The molecular formula is C23H32F3N5O. The Morgan fingerprint density at radius 2 is 1.94 bits per heavy atom. The molecule has 2 fully saturated rings. The highest BCUT2D eigenvalue weighted by molar-refractivity contribution is 5.76. The number of halogens is 3. The van der Waals surface area contributed by atoms with Gasteiger partial charge in [-0.15, -0.1) is 0 Å². The third-order valence-corrected chi connectivity index (χ3v) is 7.44. The molecule has 6 nitrogen and oxygen atoms in total. The van der Waals surface area contributed by atoms with Gasteiger partial charge >= 0.3 is 6.18 Å². The van der Waals surface area contributed by atoms with E-state index in [1.54, 1.807) is 0 Å². The maximum absolute atomic E-state index is 13.1. The maximum atomic E-state index is 13.1. The van der Waals surface area contributed by atoms with Crippen LogP contribution in [-0.2, 0) is 10.2 Å². The lowest BCUT2D eigenvalue weighted by molar-refractivity contribution is -0.182. The number of nitrogens with two attached hydrogens (primary N) is 1. The summed E-state index contributed by atoms with van der Waals surface area (Å²) in [7, 11) is 0. The molecule has 0 aromatic carbocycles. The highest BCUT2D eigenvalue weighted by Crippen LogP contribution is 2.43. The zero-order valence-electron chi connectivity index (χ0n) is 19.0. The number of primary amides is 1. The fourth-order valence-corrected chi connectivity index (χ4v) is 5.74. The summed E-state index contributed by atoms with van der Waals surface area (Å²) in [6.07, 6.45) is -0.926. The summed E-state index contributed by atoms with van der Waals surface area (Å²) in [4.78, 5) is 18.3. The van der Waals surface area contributed by atoms with E-state index in [1.165, 1.54) is 0 Å². The Kier molecular flexibility index (Phi) is 5.98. The van der Waals surface area contributed by atoms with E-state index in [2.05, 4.69) is 11.8 Å². The van der Waals surface area contributed by atoms with Gasteiger partial charge in [0.05, 0.1) is 23.9 Å². The molecule has 2 aliphatic rings. The largest absolute Gasteiger partial charge is 0.391 e. The van der Waals surface area contributed by atoms with Crippen LogP contribution in [0.5, 0.6) is 0 Å². The number of amides is 1. The van der Waals surface area contributed by atoms with Gasteiger partial charge < -0.3 is 5.73 Å². The molecule has 176 valence electrons. The Morgan fingerprint density at radius 1 is 1.25 bits per heavy atom. The molecule has 1 amide bonds.